The quantitative estimate of drug-likeness (QED) is 0.312. The molecule has 2 heterocycles. The highest BCUT2D eigenvalue weighted by Gasteiger charge is 2.48. The summed E-state index contributed by atoms with van der Waals surface area (Å²) in [5, 5.41) is 15.8. The summed E-state index contributed by atoms with van der Waals surface area (Å²) >= 11 is 18.1. The van der Waals surface area contributed by atoms with Crippen LogP contribution in [0.4, 0.5) is 5.82 Å². The summed E-state index contributed by atoms with van der Waals surface area (Å²) in [4.78, 5) is 27.0. The first-order valence-electron chi connectivity index (χ1n) is 8.73. The van der Waals surface area contributed by atoms with Crippen LogP contribution in [-0.2, 0) is 9.59 Å². The van der Waals surface area contributed by atoms with E-state index in [2.05, 4.69) is 5.16 Å². The number of halogens is 3. The lowest BCUT2D eigenvalue weighted by Crippen LogP contribution is -2.29. The topological polar surface area (TPSA) is 83.6 Å². The van der Waals surface area contributed by atoms with Crippen molar-refractivity contribution in [1.82, 2.24) is 5.16 Å². The summed E-state index contributed by atoms with van der Waals surface area (Å²) in [6.45, 7) is 1.66. The molecule has 1 fully saturated rings. The van der Waals surface area contributed by atoms with E-state index in [9.17, 15) is 14.7 Å². The highest BCUT2D eigenvalue weighted by molar-refractivity contribution is 6.51. The Hall–Kier alpha value is -2.80. The third-order valence-electron chi connectivity index (χ3n) is 4.68. The maximum Gasteiger partial charge on any atom is 0.301 e. The Labute approximate surface area is 186 Å². The van der Waals surface area contributed by atoms with Gasteiger partial charge in [-0.25, -0.2) is 0 Å². The average Bonchev–Trinajstić information content (AvgIpc) is 3.25. The molecule has 0 unspecified atom stereocenters. The van der Waals surface area contributed by atoms with Crippen molar-refractivity contribution in [1.29, 1.82) is 0 Å². The molecule has 1 saturated heterocycles. The molecule has 4 rings (SSSR count). The van der Waals surface area contributed by atoms with Gasteiger partial charge in [0.2, 0.25) is 0 Å². The lowest BCUT2D eigenvalue weighted by molar-refractivity contribution is -0.132. The third-order valence-corrected chi connectivity index (χ3v) is 5.67. The summed E-state index contributed by atoms with van der Waals surface area (Å²) < 4.78 is 5.09. The molecule has 3 aromatic rings. The minimum absolute atomic E-state index is 0.110. The van der Waals surface area contributed by atoms with Gasteiger partial charge in [-0.1, -0.05) is 46.0 Å². The molecule has 2 aromatic carbocycles. The first kappa shape index (κ1) is 20.5. The van der Waals surface area contributed by atoms with Crippen molar-refractivity contribution in [2.45, 2.75) is 13.0 Å². The normalized spacial score (nSPS) is 18.3. The van der Waals surface area contributed by atoms with Crippen LogP contribution in [0.5, 0.6) is 0 Å². The Balaban J connectivity index is 1.96. The predicted molar refractivity (Wildman–Crippen MR) is 114 cm³/mol. The number of carbonyl (C=O) groups is 2. The largest absolute Gasteiger partial charge is 0.507 e. The molecule has 1 aliphatic heterocycles. The molecule has 30 heavy (non-hydrogen) atoms. The number of rotatable bonds is 3. The number of nitrogens with zero attached hydrogens (tertiary/aromatic N) is 2. The molecular formula is C21H13Cl3N2O4. The van der Waals surface area contributed by atoms with Crippen LogP contribution < -0.4 is 4.90 Å². The van der Waals surface area contributed by atoms with Gasteiger partial charge in [-0.3, -0.25) is 14.5 Å². The minimum atomic E-state index is -0.986. The standard InChI is InChI=1S/C21H13Cl3N2O4/c1-10-8-16(25-30-10)26-18(12-4-7-14(23)15(24)9-12)17(20(28)21(26)29)19(27)11-2-5-13(22)6-3-11/h2-9,18,27H,1H3/t18-/m1/s1. The van der Waals surface area contributed by atoms with E-state index in [0.717, 1.165) is 0 Å². The van der Waals surface area contributed by atoms with Crippen LogP contribution in [0, 0.1) is 6.92 Å². The molecule has 1 aromatic heterocycles. The number of carbonyl (C=O) groups excluding carboxylic acids is 2. The molecule has 1 amide bonds. The number of anilines is 1. The number of hydrogen-bond donors (Lipinski definition) is 1. The number of benzene rings is 2. The molecule has 6 nitrogen and oxygen atoms in total. The van der Waals surface area contributed by atoms with Gasteiger partial charge in [-0.2, -0.15) is 0 Å². The monoisotopic (exact) mass is 462 g/mol. The van der Waals surface area contributed by atoms with Gasteiger partial charge in [0.15, 0.2) is 5.82 Å². The second kappa shape index (κ2) is 7.80. The van der Waals surface area contributed by atoms with Crippen molar-refractivity contribution in [2.75, 3.05) is 4.90 Å². The number of Topliss-reactive ketones (excluding diaryl/α,β-unsaturated/α-hetero) is 1. The summed E-state index contributed by atoms with van der Waals surface area (Å²) in [5.41, 5.74) is 0.694. The number of ketones is 1. The Morgan fingerprint density at radius 3 is 2.33 bits per heavy atom. The van der Waals surface area contributed by atoms with Gasteiger partial charge in [0.25, 0.3) is 5.78 Å². The van der Waals surface area contributed by atoms with Crippen LogP contribution >= 0.6 is 34.8 Å². The van der Waals surface area contributed by atoms with Crippen LogP contribution in [0.3, 0.4) is 0 Å². The van der Waals surface area contributed by atoms with Crippen molar-refractivity contribution >= 4 is 58.1 Å². The number of aromatic nitrogens is 1. The summed E-state index contributed by atoms with van der Waals surface area (Å²) in [6, 6.07) is 11.5. The minimum Gasteiger partial charge on any atom is -0.507 e. The molecule has 152 valence electrons. The SMILES string of the molecule is Cc1cc(N2C(=O)C(=O)C(=C(O)c3ccc(Cl)cc3)[C@H]2c2ccc(Cl)c(Cl)c2)no1. The maximum atomic E-state index is 13.0. The molecule has 0 spiro atoms. The fraction of sp³-hybridized carbons (Fsp3) is 0.0952. The van der Waals surface area contributed by atoms with Gasteiger partial charge < -0.3 is 9.63 Å². The van der Waals surface area contributed by atoms with E-state index in [1.807, 2.05) is 0 Å². The zero-order valence-corrected chi connectivity index (χ0v) is 17.7. The zero-order valence-electron chi connectivity index (χ0n) is 15.4. The molecule has 9 heteroatoms. The Morgan fingerprint density at radius 2 is 1.73 bits per heavy atom. The molecule has 0 aliphatic carbocycles. The number of aliphatic hydroxyl groups excluding tert-OH is 1. The summed E-state index contributed by atoms with van der Waals surface area (Å²) in [6.07, 6.45) is 0. The van der Waals surface area contributed by atoms with Gasteiger partial charge >= 0.3 is 5.91 Å². The highest BCUT2D eigenvalue weighted by Crippen LogP contribution is 2.43. The Bertz CT molecular complexity index is 1200. The predicted octanol–water partition coefficient (Wildman–Crippen LogP) is 5.57. The van der Waals surface area contributed by atoms with Crippen molar-refractivity contribution < 1.29 is 19.2 Å². The summed E-state index contributed by atoms with van der Waals surface area (Å²) in [7, 11) is 0. The molecule has 0 radical (unpaired) electrons. The van der Waals surface area contributed by atoms with Gasteiger partial charge in [0.1, 0.15) is 11.5 Å². The highest BCUT2D eigenvalue weighted by atomic mass is 35.5. The molecule has 1 atom stereocenters. The van der Waals surface area contributed by atoms with E-state index < -0.39 is 17.7 Å². The first-order valence-corrected chi connectivity index (χ1v) is 9.86. The van der Waals surface area contributed by atoms with Crippen LogP contribution in [-0.4, -0.2) is 22.0 Å². The number of amides is 1. The van der Waals surface area contributed by atoms with Gasteiger partial charge in [0, 0.05) is 16.7 Å². The van der Waals surface area contributed by atoms with Crippen molar-refractivity contribution in [3.8, 4) is 0 Å². The van der Waals surface area contributed by atoms with Crippen LogP contribution in [0.15, 0.2) is 58.6 Å². The van der Waals surface area contributed by atoms with Crippen LogP contribution in [0.25, 0.3) is 5.76 Å². The number of aryl methyl sites for hydroxylation is 1. The van der Waals surface area contributed by atoms with E-state index in [0.29, 0.717) is 26.9 Å². The second-order valence-corrected chi connectivity index (χ2v) is 7.90. The van der Waals surface area contributed by atoms with Crippen LogP contribution in [0.1, 0.15) is 22.9 Å². The van der Waals surface area contributed by atoms with Gasteiger partial charge in [-0.05, 0) is 48.9 Å². The van der Waals surface area contributed by atoms with Crippen molar-refractivity contribution in [3.05, 3.63) is 86.1 Å². The number of aliphatic hydroxyl groups is 1. The number of hydrogen-bond acceptors (Lipinski definition) is 5. The van der Waals surface area contributed by atoms with Gasteiger partial charge in [0.05, 0.1) is 21.7 Å². The fourth-order valence-electron chi connectivity index (χ4n) is 3.30. The lowest BCUT2D eigenvalue weighted by atomic mass is 9.95. The smallest absolute Gasteiger partial charge is 0.301 e. The first-order chi connectivity index (χ1) is 14.3. The average molecular weight is 464 g/mol. The molecule has 1 aliphatic rings. The maximum absolute atomic E-state index is 13.0. The van der Waals surface area contributed by atoms with E-state index in [1.165, 1.54) is 17.0 Å². The van der Waals surface area contributed by atoms with E-state index in [4.69, 9.17) is 39.3 Å². The fourth-order valence-corrected chi connectivity index (χ4v) is 3.73. The Morgan fingerprint density at radius 1 is 1.03 bits per heavy atom. The van der Waals surface area contributed by atoms with E-state index in [1.54, 1.807) is 43.3 Å². The Kier molecular flexibility index (Phi) is 5.32. The van der Waals surface area contributed by atoms with Gasteiger partial charge in [-0.15, -0.1) is 0 Å². The molecule has 1 N–H and O–H groups in total. The van der Waals surface area contributed by atoms with Crippen LogP contribution in [0.2, 0.25) is 15.1 Å². The lowest BCUT2D eigenvalue weighted by Gasteiger charge is -2.23. The second-order valence-electron chi connectivity index (χ2n) is 6.65. The van der Waals surface area contributed by atoms with E-state index in [-0.39, 0.29) is 22.2 Å². The molecule has 0 bridgehead atoms. The molecule has 0 saturated carbocycles. The molecular weight excluding hydrogens is 451 g/mol. The summed E-state index contributed by atoms with van der Waals surface area (Å²) in [5.74, 6) is -1.46. The van der Waals surface area contributed by atoms with Crippen molar-refractivity contribution in [3.63, 3.8) is 0 Å². The van der Waals surface area contributed by atoms with E-state index >= 15 is 0 Å². The van der Waals surface area contributed by atoms with Crippen molar-refractivity contribution in [2.24, 2.45) is 0 Å². The zero-order chi connectivity index (χ0) is 21.6. The third kappa shape index (κ3) is 3.47.